The third kappa shape index (κ3) is 2.16. The number of Topliss-reactive ketones (excluding diaryl/α,β-unsaturated/α-hetero) is 1. The molecule has 130 valence electrons. The lowest BCUT2D eigenvalue weighted by atomic mass is 9.49. The number of rotatable bonds is 1. The van der Waals surface area contributed by atoms with Crippen LogP contribution in [-0.2, 0) is 14.3 Å². The van der Waals surface area contributed by atoms with Gasteiger partial charge >= 0.3 is 5.97 Å². The number of hydrogen-bond acceptors (Lipinski definition) is 3. The van der Waals surface area contributed by atoms with Gasteiger partial charge in [0.2, 0.25) is 0 Å². The molecule has 2 saturated carbocycles. The highest BCUT2D eigenvalue weighted by Gasteiger charge is 2.58. The van der Waals surface area contributed by atoms with Gasteiger partial charge in [0.25, 0.3) is 0 Å². The molecule has 4 rings (SSSR count). The maximum atomic E-state index is 12.4. The largest absolute Gasteiger partial charge is 0.462 e. The molecule has 0 aromatic rings. The number of carbonyl (C=O) groups excluding carboxylic acids is 2. The summed E-state index contributed by atoms with van der Waals surface area (Å²) >= 11 is 0. The summed E-state index contributed by atoms with van der Waals surface area (Å²) in [5.74, 6) is 1.85. The Morgan fingerprint density at radius 1 is 1.21 bits per heavy atom. The fraction of sp³-hybridized carbons (Fsp3) is 0.714. The fourth-order valence-corrected chi connectivity index (χ4v) is 6.31. The van der Waals surface area contributed by atoms with Crippen LogP contribution in [0.1, 0.15) is 59.3 Å². The van der Waals surface area contributed by atoms with Crippen molar-refractivity contribution in [3.63, 3.8) is 0 Å². The van der Waals surface area contributed by atoms with Crippen LogP contribution in [-0.4, -0.2) is 17.9 Å². The van der Waals surface area contributed by atoms with Crippen LogP contribution < -0.4 is 0 Å². The first kappa shape index (κ1) is 16.1. The topological polar surface area (TPSA) is 43.4 Å². The molecular weight excluding hydrogens is 300 g/mol. The summed E-state index contributed by atoms with van der Waals surface area (Å²) in [6, 6.07) is 0. The summed E-state index contributed by atoms with van der Waals surface area (Å²) in [6.07, 6.45) is 12.6. The molecule has 0 spiro atoms. The Morgan fingerprint density at radius 2 is 1.96 bits per heavy atom. The minimum absolute atomic E-state index is 0.00178. The molecule has 2 fully saturated rings. The third-order valence-electron chi connectivity index (χ3n) is 7.60. The van der Waals surface area contributed by atoms with E-state index in [-0.39, 0.29) is 22.9 Å². The van der Waals surface area contributed by atoms with E-state index in [1.807, 2.05) is 0 Å². The van der Waals surface area contributed by atoms with Gasteiger partial charge in [-0.05, 0) is 54.4 Å². The minimum Gasteiger partial charge on any atom is -0.462 e. The van der Waals surface area contributed by atoms with Gasteiger partial charge in [-0.1, -0.05) is 32.1 Å². The average Bonchev–Trinajstić information content (AvgIpc) is 2.81. The van der Waals surface area contributed by atoms with Crippen LogP contribution in [0.3, 0.4) is 0 Å². The molecule has 0 radical (unpaired) electrons. The maximum absolute atomic E-state index is 12.4. The van der Waals surface area contributed by atoms with Crippen LogP contribution >= 0.6 is 0 Å². The fourth-order valence-electron chi connectivity index (χ4n) is 6.31. The van der Waals surface area contributed by atoms with E-state index in [4.69, 9.17) is 4.74 Å². The van der Waals surface area contributed by atoms with Crippen molar-refractivity contribution in [3.05, 3.63) is 23.8 Å². The van der Waals surface area contributed by atoms with Crippen molar-refractivity contribution in [2.75, 3.05) is 0 Å². The van der Waals surface area contributed by atoms with Crippen molar-refractivity contribution in [2.24, 2.45) is 28.6 Å². The number of ketones is 1. The van der Waals surface area contributed by atoms with Crippen LogP contribution in [0.4, 0.5) is 0 Å². The lowest BCUT2D eigenvalue weighted by Crippen LogP contribution is -2.50. The molecule has 0 aromatic heterocycles. The molecule has 0 bridgehead atoms. The number of ether oxygens (including phenoxy) is 1. The normalized spacial score (nSPS) is 46.6. The molecule has 0 heterocycles. The van der Waals surface area contributed by atoms with Crippen LogP contribution in [0.25, 0.3) is 0 Å². The molecule has 0 aromatic carbocycles. The molecule has 0 saturated heterocycles. The second-order valence-electron chi connectivity index (χ2n) is 8.82. The number of carbonyl (C=O) groups is 2. The lowest BCUT2D eigenvalue weighted by Gasteiger charge is -2.55. The van der Waals surface area contributed by atoms with Gasteiger partial charge in [0.1, 0.15) is 11.9 Å². The molecule has 6 atom stereocenters. The van der Waals surface area contributed by atoms with Gasteiger partial charge in [-0.15, -0.1) is 0 Å². The predicted molar refractivity (Wildman–Crippen MR) is 92.2 cm³/mol. The van der Waals surface area contributed by atoms with Gasteiger partial charge in [0.15, 0.2) is 0 Å². The summed E-state index contributed by atoms with van der Waals surface area (Å²) in [5, 5.41) is 0. The highest BCUT2D eigenvalue weighted by atomic mass is 16.5. The molecule has 24 heavy (non-hydrogen) atoms. The Labute approximate surface area is 144 Å². The third-order valence-corrected chi connectivity index (χ3v) is 7.60. The Morgan fingerprint density at radius 3 is 2.71 bits per heavy atom. The van der Waals surface area contributed by atoms with Crippen molar-refractivity contribution in [1.29, 1.82) is 0 Å². The molecule has 0 aliphatic heterocycles. The zero-order valence-electron chi connectivity index (χ0n) is 15.0. The molecule has 3 nitrogen and oxygen atoms in total. The zero-order valence-corrected chi connectivity index (χ0v) is 15.0. The second kappa shape index (κ2) is 5.31. The van der Waals surface area contributed by atoms with Crippen LogP contribution in [0.5, 0.6) is 0 Å². The molecule has 1 unspecified atom stereocenters. The first-order chi connectivity index (χ1) is 11.3. The van der Waals surface area contributed by atoms with E-state index in [2.05, 4.69) is 32.1 Å². The minimum atomic E-state index is -0.180. The van der Waals surface area contributed by atoms with Crippen LogP contribution in [0, 0.1) is 28.6 Å². The van der Waals surface area contributed by atoms with E-state index >= 15 is 0 Å². The first-order valence-electron chi connectivity index (χ1n) is 9.44. The van der Waals surface area contributed by atoms with Crippen molar-refractivity contribution in [3.8, 4) is 0 Å². The molecule has 0 N–H and O–H groups in total. The Kier molecular flexibility index (Phi) is 3.56. The zero-order chi connectivity index (χ0) is 17.1. The quantitative estimate of drug-likeness (QED) is 0.677. The number of esters is 1. The molecule has 3 heteroatoms. The highest BCUT2D eigenvalue weighted by molar-refractivity contribution is 5.87. The van der Waals surface area contributed by atoms with Crippen molar-refractivity contribution >= 4 is 11.8 Å². The second-order valence-corrected chi connectivity index (χ2v) is 8.82. The van der Waals surface area contributed by atoms with Gasteiger partial charge in [0, 0.05) is 25.2 Å². The lowest BCUT2D eigenvalue weighted by molar-refractivity contribution is -0.149. The summed E-state index contributed by atoms with van der Waals surface area (Å²) < 4.78 is 5.55. The monoisotopic (exact) mass is 328 g/mol. The van der Waals surface area contributed by atoms with E-state index in [9.17, 15) is 9.59 Å². The standard InChI is InChI=1S/C21H28O3/c1-13(22)24-15-6-4-14-5-7-16-17-8-9-19(23)20(17,2)11-10-18(16)21(14,3)12-15/h4-5,7,15-18H,6,8-12H2,1-3H3/t15?,16-,17-,18+,20-,21-/m0/s1. The van der Waals surface area contributed by atoms with Crippen LogP contribution in [0.2, 0.25) is 0 Å². The van der Waals surface area contributed by atoms with Gasteiger partial charge in [-0.25, -0.2) is 0 Å². The van der Waals surface area contributed by atoms with Crippen molar-refractivity contribution in [2.45, 2.75) is 65.4 Å². The number of allylic oxidation sites excluding steroid dienone is 3. The van der Waals surface area contributed by atoms with E-state index in [0.29, 0.717) is 23.5 Å². The Balaban J connectivity index is 1.66. The predicted octanol–water partition coefficient (Wildman–Crippen LogP) is 4.23. The first-order valence-corrected chi connectivity index (χ1v) is 9.44. The maximum Gasteiger partial charge on any atom is 0.302 e. The van der Waals surface area contributed by atoms with Gasteiger partial charge in [-0.2, -0.15) is 0 Å². The van der Waals surface area contributed by atoms with Crippen molar-refractivity contribution in [1.82, 2.24) is 0 Å². The Bertz CT molecular complexity index is 645. The van der Waals surface area contributed by atoms with Gasteiger partial charge in [0.05, 0.1) is 0 Å². The number of hydrogen-bond donors (Lipinski definition) is 0. The van der Waals surface area contributed by atoms with E-state index in [0.717, 1.165) is 38.5 Å². The average molecular weight is 328 g/mol. The van der Waals surface area contributed by atoms with Gasteiger partial charge in [-0.3, -0.25) is 9.59 Å². The van der Waals surface area contributed by atoms with E-state index in [1.165, 1.54) is 12.5 Å². The SMILES string of the molecule is CC(=O)OC1CC=C2C=C[C@@H]3[C@@H](CC[C@]4(C)C(=O)CC[C@@H]34)[C@@]2(C)C1. The molecule has 4 aliphatic carbocycles. The van der Waals surface area contributed by atoms with Crippen molar-refractivity contribution < 1.29 is 14.3 Å². The van der Waals surface area contributed by atoms with E-state index < -0.39 is 0 Å². The summed E-state index contributed by atoms with van der Waals surface area (Å²) in [6.45, 7) is 6.06. The van der Waals surface area contributed by atoms with Crippen LogP contribution in [0.15, 0.2) is 23.8 Å². The summed E-state index contributed by atoms with van der Waals surface area (Å²) in [5.41, 5.74) is 1.39. The molecule has 4 aliphatic rings. The highest BCUT2D eigenvalue weighted by Crippen LogP contribution is 2.62. The molecule has 0 amide bonds. The molecular formula is C21H28O3. The number of fused-ring (bicyclic) bond motifs is 5. The summed E-state index contributed by atoms with van der Waals surface area (Å²) in [7, 11) is 0. The van der Waals surface area contributed by atoms with Gasteiger partial charge < -0.3 is 4.74 Å². The van der Waals surface area contributed by atoms with E-state index in [1.54, 1.807) is 0 Å². The summed E-state index contributed by atoms with van der Waals surface area (Å²) in [4.78, 5) is 23.8. The Hall–Kier alpha value is -1.38. The smallest absolute Gasteiger partial charge is 0.302 e.